The highest BCUT2D eigenvalue weighted by molar-refractivity contribution is 8.01. The van der Waals surface area contributed by atoms with Crippen molar-refractivity contribution in [2.24, 2.45) is 0 Å². The largest absolute Gasteiger partial charge is 0.361 e. The molecule has 0 aliphatic heterocycles. The van der Waals surface area contributed by atoms with Crippen molar-refractivity contribution in [2.45, 2.75) is 32.0 Å². The third-order valence-electron chi connectivity index (χ3n) is 4.32. The molecule has 0 aliphatic rings. The van der Waals surface area contributed by atoms with E-state index in [1.54, 1.807) is 13.8 Å². The van der Waals surface area contributed by atoms with Gasteiger partial charge in [0.25, 0.3) is 5.91 Å². The summed E-state index contributed by atoms with van der Waals surface area (Å²) in [5.74, 6) is 0.726. The first-order valence-corrected chi connectivity index (χ1v) is 10.8. The minimum absolute atomic E-state index is 0.113. The van der Waals surface area contributed by atoms with Crippen LogP contribution in [0.25, 0.3) is 10.2 Å². The molecule has 0 spiro atoms. The van der Waals surface area contributed by atoms with Crippen molar-refractivity contribution in [3.63, 3.8) is 0 Å². The zero-order valence-corrected chi connectivity index (χ0v) is 17.9. The van der Waals surface area contributed by atoms with Crippen molar-refractivity contribution in [3.8, 4) is 0 Å². The molecule has 0 unspecified atom stereocenters. The Morgan fingerprint density at radius 3 is 2.64 bits per heavy atom. The molecule has 2 heterocycles. The number of nitrogens with one attached hydrogen (secondary N) is 1. The smallest absolute Gasteiger partial charge is 0.261 e. The number of aromatic nitrogens is 2. The van der Waals surface area contributed by atoms with Gasteiger partial charge in [-0.05, 0) is 45.9 Å². The summed E-state index contributed by atoms with van der Waals surface area (Å²) < 4.78 is 6.85. The molecule has 1 N–H and O–H groups in total. The maximum Gasteiger partial charge on any atom is 0.261 e. The molecule has 1 aromatic carbocycles. The van der Waals surface area contributed by atoms with Gasteiger partial charge in [-0.25, -0.2) is 4.98 Å². The highest BCUT2D eigenvalue weighted by Gasteiger charge is 2.18. The van der Waals surface area contributed by atoms with Gasteiger partial charge in [-0.3, -0.25) is 9.59 Å². The van der Waals surface area contributed by atoms with E-state index in [9.17, 15) is 9.59 Å². The van der Waals surface area contributed by atoms with Gasteiger partial charge in [-0.2, -0.15) is 0 Å². The van der Waals surface area contributed by atoms with Gasteiger partial charge in [0.1, 0.15) is 11.3 Å². The third-order valence-corrected chi connectivity index (χ3v) is 6.47. The zero-order valence-electron chi connectivity index (χ0n) is 16.2. The van der Waals surface area contributed by atoms with E-state index in [2.05, 4.69) is 15.5 Å². The van der Waals surface area contributed by atoms with E-state index in [-0.39, 0.29) is 11.8 Å². The van der Waals surface area contributed by atoms with E-state index in [4.69, 9.17) is 4.52 Å². The van der Waals surface area contributed by atoms with Crippen LogP contribution in [0.5, 0.6) is 0 Å². The number of hydrogen-bond acceptors (Lipinski definition) is 7. The van der Waals surface area contributed by atoms with E-state index in [0.717, 1.165) is 14.6 Å². The highest BCUT2D eigenvalue weighted by atomic mass is 32.2. The average Bonchev–Trinajstić information content (AvgIpc) is 3.23. The average molecular weight is 419 g/mol. The van der Waals surface area contributed by atoms with Crippen LogP contribution in [0.4, 0.5) is 5.69 Å². The lowest BCUT2D eigenvalue weighted by molar-refractivity contribution is -0.127. The monoisotopic (exact) mass is 418 g/mol. The number of aryl methyl sites for hydroxylation is 2. The first-order valence-electron chi connectivity index (χ1n) is 8.98. The molecule has 0 radical (unpaired) electrons. The van der Waals surface area contributed by atoms with Crippen LogP contribution < -0.4 is 5.32 Å². The maximum absolute atomic E-state index is 12.5. The number of anilines is 1. The molecule has 3 rings (SSSR count). The maximum atomic E-state index is 12.5. The molecule has 0 bridgehead atoms. The first-order chi connectivity index (χ1) is 13.4. The Morgan fingerprint density at radius 1 is 1.25 bits per heavy atom. The molecule has 3 aromatic rings. The minimum atomic E-state index is -0.250. The molecule has 0 saturated heterocycles. The number of fused-ring (bicyclic) bond motifs is 1. The molecule has 0 fully saturated rings. The molecular weight excluding hydrogens is 396 g/mol. The lowest BCUT2D eigenvalue weighted by Crippen LogP contribution is -2.31. The van der Waals surface area contributed by atoms with Crippen molar-refractivity contribution >= 4 is 50.8 Å². The van der Waals surface area contributed by atoms with Crippen LogP contribution in [-0.4, -0.2) is 45.7 Å². The summed E-state index contributed by atoms with van der Waals surface area (Å²) >= 11 is 2.95. The fraction of sp³-hybridized carbons (Fsp3) is 0.368. The Labute approximate surface area is 171 Å². The summed E-state index contributed by atoms with van der Waals surface area (Å²) in [6.07, 6.45) is 0. The predicted molar refractivity (Wildman–Crippen MR) is 112 cm³/mol. The van der Waals surface area contributed by atoms with Crippen LogP contribution in [-0.2, 0) is 4.79 Å². The normalized spacial score (nSPS) is 11.0. The highest BCUT2D eigenvalue weighted by Crippen LogP contribution is 2.31. The molecular formula is C19H22N4O3S2. The van der Waals surface area contributed by atoms with Gasteiger partial charge < -0.3 is 14.7 Å². The third kappa shape index (κ3) is 4.36. The lowest BCUT2D eigenvalue weighted by atomic mass is 10.2. The lowest BCUT2D eigenvalue weighted by Gasteiger charge is -2.17. The van der Waals surface area contributed by atoms with Crippen LogP contribution in [0, 0.1) is 13.8 Å². The summed E-state index contributed by atoms with van der Waals surface area (Å²) in [6.45, 7) is 8.82. The van der Waals surface area contributed by atoms with Crippen LogP contribution in [0.2, 0.25) is 0 Å². The fourth-order valence-electron chi connectivity index (χ4n) is 2.83. The van der Waals surface area contributed by atoms with Crippen LogP contribution >= 0.6 is 23.1 Å². The molecule has 9 heteroatoms. The Balaban J connectivity index is 1.70. The van der Waals surface area contributed by atoms with Crippen molar-refractivity contribution in [3.05, 3.63) is 35.2 Å². The van der Waals surface area contributed by atoms with E-state index >= 15 is 0 Å². The minimum Gasteiger partial charge on any atom is -0.361 e. The SMILES string of the molecule is CCN(CC)C(=O)CSc1nc2ccc(NC(=O)c3c(C)noc3C)cc2s1. The molecule has 0 aliphatic carbocycles. The van der Waals surface area contributed by atoms with Crippen LogP contribution in [0.3, 0.4) is 0 Å². The topological polar surface area (TPSA) is 88.3 Å². The van der Waals surface area contributed by atoms with Crippen molar-refractivity contribution in [1.29, 1.82) is 0 Å². The molecule has 2 aromatic heterocycles. The Kier molecular flexibility index (Phi) is 6.35. The molecule has 7 nitrogen and oxygen atoms in total. The van der Waals surface area contributed by atoms with Gasteiger partial charge in [0.05, 0.1) is 21.7 Å². The molecule has 0 atom stereocenters. The Bertz CT molecular complexity index is 988. The summed E-state index contributed by atoms with van der Waals surface area (Å²) in [4.78, 5) is 31.0. The van der Waals surface area contributed by atoms with Crippen molar-refractivity contribution < 1.29 is 14.1 Å². The number of thioether (sulfide) groups is 1. The summed E-state index contributed by atoms with van der Waals surface area (Å²) in [5.41, 5.74) is 2.54. The zero-order chi connectivity index (χ0) is 20.3. The predicted octanol–water partition coefficient (Wildman–Crippen LogP) is 4.11. The van der Waals surface area contributed by atoms with Gasteiger partial charge in [-0.15, -0.1) is 11.3 Å². The van der Waals surface area contributed by atoms with Crippen LogP contribution in [0.1, 0.15) is 35.7 Å². The summed E-state index contributed by atoms with van der Waals surface area (Å²) in [6, 6.07) is 5.57. The number of nitrogens with zero attached hydrogens (tertiary/aromatic N) is 3. The quantitative estimate of drug-likeness (QED) is 0.581. The Morgan fingerprint density at radius 2 is 2.00 bits per heavy atom. The van der Waals surface area contributed by atoms with E-state index in [0.29, 0.717) is 41.5 Å². The molecule has 28 heavy (non-hydrogen) atoms. The van der Waals surface area contributed by atoms with E-state index < -0.39 is 0 Å². The number of rotatable bonds is 7. The van der Waals surface area contributed by atoms with Crippen molar-refractivity contribution in [1.82, 2.24) is 15.0 Å². The second-order valence-electron chi connectivity index (χ2n) is 6.17. The number of hydrogen-bond donors (Lipinski definition) is 1. The van der Waals surface area contributed by atoms with E-state index in [1.807, 2.05) is 36.9 Å². The first kappa shape index (κ1) is 20.3. The number of carbonyl (C=O) groups excluding carboxylic acids is 2. The van der Waals surface area contributed by atoms with E-state index in [1.165, 1.54) is 23.1 Å². The molecule has 2 amide bonds. The van der Waals surface area contributed by atoms with Gasteiger partial charge in [-0.1, -0.05) is 16.9 Å². The van der Waals surface area contributed by atoms with Gasteiger partial charge in [0.15, 0.2) is 4.34 Å². The molecule has 148 valence electrons. The van der Waals surface area contributed by atoms with Gasteiger partial charge >= 0.3 is 0 Å². The standard InChI is InChI=1S/C19H22N4O3S2/c1-5-23(6-2)16(24)10-27-19-21-14-8-7-13(9-15(14)28-19)20-18(25)17-11(3)22-26-12(17)4/h7-9H,5-6,10H2,1-4H3,(H,20,25). The van der Waals surface area contributed by atoms with Crippen LogP contribution in [0.15, 0.2) is 27.1 Å². The summed E-state index contributed by atoms with van der Waals surface area (Å²) in [5, 5.41) is 6.69. The van der Waals surface area contributed by atoms with Crippen molar-refractivity contribution in [2.75, 3.05) is 24.2 Å². The second kappa shape index (κ2) is 8.74. The fourth-order valence-corrected chi connectivity index (χ4v) is 4.85. The second-order valence-corrected chi connectivity index (χ2v) is 8.42. The number of carbonyl (C=O) groups is 2. The summed E-state index contributed by atoms with van der Waals surface area (Å²) in [7, 11) is 0. The Hall–Kier alpha value is -2.39. The van der Waals surface area contributed by atoms with Gasteiger partial charge in [0, 0.05) is 18.8 Å². The number of benzene rings is 1. The number of thiazole rings is 1. The molecule has 0 saturated carbocycles. The number of amides is 2. The van der Waals surface area contributed by atoms with Gasteiger partial charge in [0.2, 0.25) is 5.91 Å².